The number of hydrogen-bond donors (Lipinski definition) is 1. The Balaban J connectivity index is 1.58. The van der Waals surface area contributed by atoms with Crippen LogP contribution in [-0.2, 0) is 17.8 Å². The van der Waals surface area contributed by atoms with E-state index >= 15 is 0 Å². The number of morpholine rings is 1. The molecule has 0 aliphatic carbocycles. The fraction of sp³-hybridized carbons (Fsp3) is 0.421. The molecule has 1 N–H and O–H groups in total. The molecule has 26 heavy (non-hydrogen) atoms. The van der Waals surface area contributed by atoms with Gasteiger partial charge in [0.2, 0.25) is 0 Å². The summed E-state index contributed by atoms with van der Waals surface area (Å²) in [6.07, 6.45) is 4.66. The molecular weight excluding hydrogens is 332 g/mol. The Kier molecular flexibility index (Phi) is 6.01. The summed E-state index contributed by atoms with van der Waals surface area (Å²) in [4.78, 5) is 30.8. The molecule has 0 unspecified atom stereocenters. The molecule has 1 aliphatic rings. The zero-order valence-electron chi connectivity index (χ0n) is 15.0. The Hall–Kier alpha value is -2.67. The van der Waals surface area contributed by atoms with Gasteiger partial charge in [-0.05, 0) is 30.7 Å². The number of amides is 2. The van der Waals surface area contributed by atoms with Gasteiger partial charge in [0.15, 0.2) is 0 Å². The van der Waals surface area contributed by atoms with Gasteiger partial charge in [-0.1, -0.05) is 6.92 Å². The summed E-state index contributed by atoms with van der Waals surface area (Å²) in [5, 5.41) is 2.88. The minimum absolute atomic E-state index is 0.0261. The summed E-state index contributed by atoms with van der Waals surface area (Å²) in [6, 6.07) is 6.76. The smallest absolute Gasteiger partial charge is 0.254 e. The van der Waals surface area contributed by atoms with Crippen molar-refractivity contribution in [2.24, 2.45) is 0 Å². The second kappa shape index (κ2) is 8.62. The van der Waals surface area contributed by atoms with Crippen LogP contribution in [0.5, 0.6) is 0 Å². The lowest BCUT2D eigenvalue weighted by Gasteiger charge is -2.26. The summed E-state index contributed by atoms with van der Waals surface area (Å²) in [5.41, 5.74) is 1.11. The van der Waals surface area contributed by atoms with E-state index in [1.165, 1.54) is 0 Å². The third-order valence-corrected chi connectivity index (χ3v) is 4.37. The lowest BCUT2D eigenvalue weighted by molar-refractivity contribution is 0.0303. The number of nitrogens with zero attached hydrogens (tertiary/aromatic N) is 3. The van der Waals surface area contributed by atoms with Crippen molar-refractivity contribution in [3.8, 4) is 0 Å². The monoisotopic (exact) mass is 356 g/mol. The Morgan fingerprint density at radius 1 is 1.15 bits per heavy atom. The van der Waals surface area contributed by atoms with Gasteiger partial charge in [0.1, 0.15) is 5.82 Å². The Morgan fingerprint density at radius 3 is 2.54 bits per heavy atom. The molecule has 3 rings (SSSR count). The standard InChI is InChI=1S/C19H24N4O3/c1-2-8-22-9-7-20-17(22)14-21-18(24)15-3-5-16(6-4-15)19(25)23-10-12-26-13-11-23/h3-7,9H,2,8,10-14H2,1H3,(H,21,24). The van der Waals surface area contributed by atoms with E-state index in [0.29, 0.717) is 44.0 Å². The number of benzene rings is 1. The first-order chi connectivity index (χ1) is 12.7. The fourth-order valence-electron chi connectivity index (χ4n) is 2.93. The van der Waals surface area contributed by atoms with Crippen LogP contribution in [0.4, 0.5) is 0 Å². The normalized spacial score (nSPS) is 14.3. The maximum absolute atomic E-state index is 12.4. The molecule has 1 fully saturated rings. The first kappa shape index (κ1) is 18.1. The van der Waals surface area contributed by atoms with Crippen molar-refractivity contribution in [2.75, 3.05) is 26.3 Å². The fourth-order valence-corrected chi connectivity index (χ4v) is 2.93. The van der Waals surface area contributed by atoms with Crippen LogP contribution in [0.2, 0.25) is 0 Å². The van der Waals surface area contributed by atoms with Crippen molar-refractivity contribution in [2.45, 2.75) is 26.4 Å². The maximum atomic E-state index is 12.4. The van der Waals surface area contributed by atoms with Gasteiger partial charge in [0, 0.05) is 43.2 Å². The molecule has 0 atom stereocenters. The zero-order chi connectivity index (χ0) is 18.4. The van der Waals surface area contributed by atoms with Gasteiger partial charge in [-0.25, -0.2) is 4.98 Å². The van der Waals surface area contributed by atoms with Crippen LogP contribution in [0, 0.1) is 0 Å². The van der Waals surface area contributed by atoms with Gasteiger partial charge in [0.05, 0.1) is 19.8 Å². The lowest BCUT2D eigenvalue weighted by Crippen LogP contribution is -2.40. The summed E-state index contributed by atoms with van der Waals surface area (Å²) in [5.74, 6) is 0.627. The lowest BCUT2D eigenvalue weighted by atomic mass is 10.1. The van der Waals surface area contributed by atoms with Gasteiger partial charge >= 0.3 is 0 Å². The molecule has 1 aromatic carbocycles. The van der Waals surface area contributed by atoms with Gasteiger partial charge in [-0.15, -0.1) is 0 Å². The molecule has 2 amide bonds. The number of aromatic nitrogens is 2. The largest absolute Gasteiger partial charge is 0.378 e. The number of aryl methyl sites for hydroxylation is 1. The highest BCUT2D eigenvalue weighted by atomic mass is 16.5. The van der Waals surface area contributed by atoms with E-state index in [0.717, 1.165) is 18.8 Å². The Morgan fingerprint density at radius 2 is 1.85 bits per heavy atom. The number of hydrogen-bond acceptors (Lipinski definition) is 4. The second-order valence-corrected chi connectivity index (χ2v) is 6.20. The van der Waals surface area contributed by atoms with Crippen LogP contribution in [0.3, 0.4) is 0 Å². The zero-order valence-corrected chi connectivity index (χ0v) is 15.0. The first-order valence-electron chi connectivity index (χ1n) is 8.94. The number of ether oxygens (including phenoxy) is 1. The van der Waals surface area contributed by atoms with E-state index in [2.05, 4.69) is 17.2 Å². The van der Waals surface area contributed by atoms with Crippen molar-refractivity contribution in [3.05, 3.63) is 53.6 Å². The van der Waals surface area contributed by atoms with E-state index in [-0.39, 0.29) is 11.8 Å². The number of nitrogens with one attached hydrogen (secondary N) is 1. The maximum Gasteiger partial charge on any atom is 0.254 e. The molecule has 7 nitrogen and oxygen atoms in total. The molecule has 2 heterocycles. The summed E-state index contributed by atoms with van der Waals surface area (Å²) in [7, 11) is 0. The molecular formula is C19H24N4O3. The van der Waals surface area contributed by atoms with E-state index < -0.39 is 0 Å². The van der Waals surface area contributed by atoms with Crippen molar-refractivity contribution in [1.29, 1.82) is 0 Å². The van der Waals surface area contributed by atoms with Gasteiger partial charge in [-0.2, -0.15) is 0 Å². The SMILES string of the molecule is CCCn1ccnc1CNC(=O)c1ccc(C(=O)N2CCOCC2)cc1. The van der Waals surface area contributed by atoms with E-state index in [4.69, 9.17) is 4.74 Å². The van der Waals surface area contributed by atoms with Gasteiger partial charge < -0.3 is 19.5 Å². The number of rotatable bonds is 6. The Bertz CT molecular complexity index is 748. The highest BCUT2D eigenvalue weighted by molar-refractivity contribution is 5.97. The van der Waals surface area contributed by atoms with Crippen LogP contribution in [0.1, 0.15) is 39.9 Å². The number of imidazole rings is 1. The first-order valence-corrected chi connectivity index (χ1v) is 8.94. The van der Waals surface area contributed by atoms with Crippen LogP contribution < -0.4 is 5.32 Å². The van der Waals surface area contributed by atoms with Crippen LogP contribution >= 0.6 is 0 Å². The van der Waals surface area contributed by atoms with E-state index in [9.17, 15) is 9.59 Å². The van der Waals surface area contributed by atoms with Crippen LogP contribution in [-0.4, -0.2) is 52.6 Å². The highest BCUT2D eigenvalue weighted by Crippen LogP contribution is 2.10. The van der Waals surface area contributed by atoms with Crippen molar-refractivity contribution >= 4 is 11.8 Å². The molecule has 0 spiro atoms. The van der Waals surface area contributed by atoms with Crippen LogP contribution in [0.15, 0.2) is 36.7 Å². The third kappa shape index (κ3) is 4.29. The number of carbonyl (C=O) groups is 2. The Labute approximate surface area is 153 Å². The molecule has 0 radical (unpaired) electrons. The summed E-state index contributed by atoms with van der Waals surface area (Å²) in [6.45, 7) is 5.70. The van der Waals surface area contributed by atoms with E-state index in [1.807, 2.05) is 10.8 Å². The second-order valence-electron chi connectivity index (χ2n) is 6.20. The molecule has 1 aliphatic heterocycles. The third-order valence-electron chi connectivity index (χ3n) is 4.37. The van der Waals surface area contributed by atoms with E-state index in [1.54, 1.807) is 35.4 Å². The summed E-state index contributed by atoms with van der Waals surface area (Å²) < 4.78 is 7.30. The molecule has 0 saturated carbocycles. The molecule has 0 bridgehead atoms. The topological polar surface area (TPSA) is 76.5 Å². The molecule has 7 heteroatoms. The number of carbonyl (C=O) groups excluding carboxylic acids is 2. The predicted octanol–water partition coefficient (Wildman–Crippen LogP) is 1.70. The molecule has 2 aromatic rings. The van der Waals surface area contributed by atoms with Crippen LogP contribution in [0.25, 0.3) is 0 Å². The highest BCUT2D eigenvalue weighted by Gasteiger charge is 2.18. The minimum Gasteiger partial charge on any atom is -0.378 e. The predicted molar refractivity (Wildman–Crippen MR) is 96.9 cm³/mol. The summed E-state index contributed by atoms with van der Waals surface area (Å²) >= 11 is 0. The average Bonchev–Trinajstić information content (AvgIpc) is 3.14. The van der Waals surface area contributed by atoms with Crippen molar-refractivity contribution in [1.82, 2.24) is 19.8 Å². The molecule has 138 valence electrons. The molecule has 1 saturated heterocycles. The van der Waals surface area contributed by atoms with Crippen molar-refractivity contribution in [3.63, 3.8) is 0 Å². The van der Waals surface area contributed by atoms with Gasteiger partial charge in [0.25, 0.3) is 11.8 Å². The van der Waals surface area contributed by atoms with Gasteiger partial charge in [-0.3, -0.25) is 9.59 Å². The quantitative estimate of drug-likeness (QED) is 0.855. The van der Waals surface area contributed by atoms with Crippen molar-refractivity contribution < 1.29 is 14.3 Å². The average molecular weight is 356 g/mol. The molecule has 1 aromatic heterocycles. The minimum atomic E-state index is -0.179.